The molecule has 3 N–H and O–H groups in total. The minimum Gasteiger partial charge on any atom is -0.508 e. The van der Waals surface area contributed by atoms with Gasteiger partial charge in [-0.2, -0.15) is 0 Å². The average molecular weight is 236 g/mol. The van der Waals surface area contributed by atoms with E-state index in [9.17, 15) is 5.11 Å². The summed E-state index contributed by atoms with van der Waals surface area (Å²) >= 11 is 0. The van der Waals surface area contributed by atoms with Crippen LogP contribution in [0.1, 0.15) is 0 Å². The Hall–Kier alpha value is -1.95. The van der Waals surface area contributed by atoms with Crippen LogP contribution in [0.25, 0.3) is 0 Å². The van der Waals surface area contributed by atoms with Gasteiger partial charge in [0.25, 0.3) is 0 Å². The van der Waals surface area contributed by atoms with Gasteiger partial charge in [0.1, 0.15) is 12.1 Å². The lowest BCUT2D eigenvalue weighted by atomic mass is 10.3. The summed E-state index contributed by atoms with van der Waals surface area (Å²) in [5.41, 5.74) is 4.21. The quantitative estimate of drug-likeness (QED) is 0.237. The zero-order valence-electron chi connectivity index (χ0n) is 9.45. The average Bonchev–Trinajstić information content (AvgIpc) is 2.35. The van der Waals surface area contributed by atoms with E-state index in [1.165, 1.54) is 6.34 Å². The third kappa shape index (κ3) is 3.25. The number of aromatic hydroxyl groups is 1. The summed E-state index contributed by atoms with van der Waals surface area (Å²) in [7, 11) is 0. The summed E-state index contributed by atoms with van der Waals surface area (Å²) < 4.78 is 0. The van der Waals surface area contributed by atoms with Crippen molar-refractivity contribution in [3.05, 3.63) is 24.3 Å². The molecular weight excluding hydrogens is 220 g/mol. The van der Waals surface area contributed by atoms with Crippen molar-refractivity contribution in [1.29, 1.82) is 0 Å². The third-order valence-corrected chi connectivity index (χ3v) is 2.68. The molecule has 0 spiro atoms. The van der Waals surface area contributed by atoms with Crippen molar-refractivity contribution < 1.29 is 10.3 Å². The molecule has 1 aliphatic heterocycles. The van der Waals surface area contributed by atoms with Gasteiger partial charge >= 0.3 is 0 Å². The van der Waals surface area contributed by atoms with E-state index in [0.29, 0.717) is 0 Å². The van der Waals surface area contributed by atoms with Crippen molar-refractivity contribution >= 4 is 12.0 Å². The highest BCUT2D eigenvalue weighted by Gasteiger charge is 2.14. The maximum atomic E-state index is 9.17. The zero-order valence-corrected chi connectivity index (χ0v) is 9.45. The van der Waals surface area contributed by atoms with Gasteiger partial charge in [-0.1, -0.05) is 5.16 Å². The number of anilines is 1. The second-order valence-corrected chi connectivity index (χ2v) is 3.91. The van der Waals surface area contributed by atoms with Crippen LogP contribution in [0.15, 0.2) is 29.4 Å². The summed E-state index contributed by atoms with van der Waals surface area (Å²) in [6.07, 6.45) is 1.44. The molecule has 0 radical (unpaired) electrons. The predicted molar refractivity (Wildman–Crippen MR) is 65.2 cm³/mol. The van der Waals surface area contributed by atoms with Crippen LogP contribution in [0.2, 0.25) is 0 Å². The van der Waals surface area contributed by atoms with Crippen LogP contribution >= 0.6 is 0 Å². The van der Waals surface area contributed by atoms with E-state index in [-0.39, 0.29) is 5.75 Å². The minimum atomic E-state index is 0.263. The molecule has 6 heteroatoms. The summed E-state index contributed by atoms with van der Waals surface area (Å²) in [4.78, 5) is 1.95. The molecule has 0 unspecified atom stereocenters. The highest BCUT2D eigenvalue weighted by Crippen LogP contribution is 2.14. The van der Waals surface area contributed by atoms with Gasteiger partial charge in [-0.05, 0) is 24.3 Å². The molecule has 0 bridgehead atoms. The topological polar surface area (TPSA) is 71.3 Å². The van der Waals surface area contributed by atoms with Crippen molar-refractivity contribution in [2.45, 2.75) is 0 Å². The molecule has 0 amide bonds. The number of hydrazine groups is 1. The molecule has 1 heterocycles. The van der Waals surface area contributed by atoms with Crippen LogP contribution in [0.5, 0.6) is 5.75 Å². The Balaban J connectivity index is 1.83. The first-order chi connectivity index (χ1) is 8.28. The van der Waals surface area contributed by atoms with E-state index in [2.05, 4.69) is 15.6 Å². The number of nitrogens with zero attached hydrogens (tertiary/aromatic N) is 3. The fourth-order valence-corrected chi connectivity index (χ4v) is 1.74. The Labute approximate surface area is 99.7 Å². The predicted octanol–water partition coefficient (Wildman–Crippen LogP) is 0.754. The van der Waals surface area contributed by atoms with Crippen LogP contribution in [-0.2, 0) is 0 Å². The first kappa shape index (κ1) is 11.5. The molecule has 1 fully saturated rings. The Kier molecular flexibility index (Phi) is 3.66. The number of rotatable bonds is 3. The lowest BCUT2D eigenvalue weighted by molar-refractivity contribution is 0.210. The van der Waals surface area contributed by atoms with E-state index in [4.69, 9.17) is 5.21 Å². The normalized spacial score (nSPS) is 17.5. The van der Waals surface area contributed by atoms with Crippen LogP contribution in [0.3, 0.4) is 0 Å². The molecule has 1 aliphatic rings. The monoisotopic (exact) mass is 236 g/mol. The van der Waals surface area contributed by atoms with E-state index < -0.39 is 0 Å². The first-order valence-corrected chi connectivity index (χ1v) is 5.50. The number of nitrogens with one attached hydrogen (secondary N) is 1. The van der Waals surface area contributed by atoms with Gasteiger partial charge in [0.05, 0.1) is 0 Å². The van der Waals surface area contributed by atoms with Gasteiger partial charge < -0.3 is 20.6 Å². The number of piperazine rings is 1. The van der Waals surface area contributed by atoms with Crippen LogP contribution in [-0.4, -0.2) is 52.7 Å². The van der Waals surface area contributed by atoms with Gasteiger partial charge in [-0.25, -0.2) is 5.01 Å². The summed E-state index contributed by atoms with van der Waals surface area (Å²) in [5, 5.41) is 22.7. The van der Waals surface area contributed by atoms with Crippen molar-refractivity contribution in [3.8, 4) is 5.75 Å². The molecule has 0 aromatic heterocycles. The fourth-order valence-electron chi connectivity index (χ4n) is 1.74. The van der Waals surface area contributed by atoms with Gasteiger partial charge in [-0.3, -0.25) is 0 Å². The SMILES string of the molecule is ON=CN1CCN(Nc2ccc(O)cc2)CC1. The summed E-state index contributed by atoms with van der Waals surface area (Å²) in [6.45, 7) is 3.31. The zero-order chi connectivity index (χ0) is 12.1. The van der Waals surface area contributed by atoms with Crippen LogP contribution in [0.4, 0.5) is 5.69 Å². The molecule has 6 nitrogen and oxygen atoms in total. The number of benzene rings is 1. The number of hydrogen-bond donors (Lipinski definition) is 3. The second kappa shape index (κ2) is 5.40. The largest absolute Gasteiger partial charge is 0.508 e. The molecule has 0 aliphatic carbocycles. The molecule has 0 saturated carbocycles. The second-order valence-electron chi connectivity index (χ2n) is 3.91. The Morgan fingerprint density at radius 2 is 1.76 bits per heavy atom. The molecule has 17 heavy (non-hydrogen) atoms. The smallest absolute Gasteiger partial charge is 0.130 e. The standard InChI is InChI=1S/C11H16N4O2/c16-11-3-1-10(2-4-11)13-15-7-5-14(6-8-15)9-12-17/h1-4,9,13,16-17H,5-8H2. The number of phenols is 1. The fraction of sp³-hybridized carbons (Fsp3) is 0.364. The number of oxime groups is 1. The molecule has 1 saturated heterocycles. The molecule has 1 aromatic carbocycles. The van der Waals surface area contributed by atoms with Gasteiger partial charge in [0.2, 0.25) is 0 Å². The van der Waals surface area contributed by atoms with Gasteiger partial charge in [0.15, 0.2) is 0 Å². The van der Waals surface area contributed by atoms with Crippen LogP contribution in [0, 0.1) is 0 Å². The Morgan fingerprint density at radius 3 is 2.35 bits per heavy atom. The lowest BCUT2D eigenvalue weighted by Crippen LogP contribution is -2.47. The summed E-state index contributed by atoms with van der Waals surface area (Å²) in [5.74, 6) is 0.263. The number of hydrogen-bond acceptors (Lipinski definition) is 5. The van der Waals surface area contributed by atoms with E-state index >= 15 is 0 Å². The lowest BCUT2D eigenvalue weighted by Gasteiger charge is -2.33. The van der Waals surface area contributed by atoms with Gasteiger partial charge in [0, 0.05) is 31.9 Å². The summed E-state index contributed by atoms with van der Waals surface area (Å²) in [6, 6.07) is 6.96. The van der Waals surface area contributed by atoms with Crippen molar-refractivity contribution in [1.82, 2.24) is 9.91 Å². The first-order valence-electron chi connectivity index (χ1n) is 5.50. The number of phenolic OH excluding ortho intramolecular Hbond substituents is 1. The van der Waals surface area contributed by atoms with Gasteiger partial charge in [-0.15, -0.1) is 0 Å². The van der Waals surface area contributed by atoms with Crippen LogP contribution < -0.4 is 5.43 Å². The van der Waals surface area contributed by atoms with E-state index in [1.54, 1.807) is 12.1 Å². The Morgan fingerprint density at radius 1 is 1.12 bits per heavy atom. The highest BCUT2D eigenvalue weighted by atomic mass is 16.4. The van der Waals surface area contributed by atoms with Crippen molar-refractivity contribution in [2.75, 3.05) is 31.6 Å². The molecule has 1 aromatic rings. The van der Waals surface area contributed by atoms with E-state index in [1.807, 2.05) is 17.0 Å². The maximum absolute atomic E-state index is 9.17. The highest BCUT2D eigenvalue weighted by molar-refractivity contribution is 5.54. The molecule has 0 atom stereocenters. The van der Waals surface area contributed by atoms with Crippen molar-refractivity contribution in [3.63, 3.8) is 0 Å². The molecule has 2 rings (SSSR count). The molecular formula is C11H16N4O2. The Bertz CT molecular complexity index is 372. The third-order valence-electron chi connectivity index (χ3n) is 2.68. The maximum Gasteiger partial charge on any atom is 0.130 e. The molecule has 92 valence electrons. The van der Waals surface area contributed by atoms with Crippen molar-refractivity contribution in [2.24, 2.45) is 5.16 Å². The minimum absolute atomic E-state index is 0.263. The van der Waals surface area contributed by atoms with E-state index in [0.717, 1.165) is 31.9 Å².